The molecule has 6 heteroatoms. The molecular formula is C26H19ClF2N2O. The average molecular weight is 449 g/mol. The average Bonchev–Trinajstić information content (AvgIpc) is 3.21. The highest BCUT2D eigenvalue weighted by molar-refractivity contribution is 6.34. The summed E-state index contributed by atoms with van der Waals surface area (Å²) in [4.78, 5) is 18.6. The molecule has 0 bridgehead atoms. The number of halogens is 3. The fourth-order valence-electron chi connectivity index (χ4n) is 4.50. The van der Waals surface area contributed by atoms with Crippen molar-refractivity contribution in [1.29, 1.82) is 0 Å². The van der Waals surface area contributed by atoms with Crippen LogP contribution in [0, 0.1) is 11.6 Å². The molecule has 0 unspecified atom stereocenters. The molecule has 32 heavy (non-hydrogen) atoms. The number of hydrogen-bond donors (Lipinski definition) is 0. The molecule has 1 aromatic heterocycles. The second-order valence-electron chi connectivity index (χ2n) is 7.94. The molecular weight excluding hydrogens is 430 g/mol. The normalized spacial score (nSPS) is 12.8. The lowest BCUT2D eigenvalue weighted by atomic mass is 9.95. The number of fused-ring (bicyclic) bond motifs is 2. The van der Waals surface area contributed by atoms with Gasteiger partial charge in [0, 0.05) is 34.5 Å². The molecule has 1 aliphatic carbocycles. The van der Waals surface area contributed by atoms with E-state index in [4.69, 9.17) is 11.6 Å². The molecule has 0 fully saturated rings. The summed E-state index contributed by atoms with van der Waals surface area (Å²) in [5, 5.41) is 1.34. The Balaban J connectivity index is 1.86. The molecule has 0 saturated carbocycles. The second kappa shape index (κ2) is 7.99. The Hall–Kier alpha value is -3.31. The monoisotopic (exact) mass is 448 g/mol. The molecule has 0 spiro atoms. The van der Waals surface area contributed by atoms with E-state index < -0.39 is 17.5 Å². The zero-order valence-corrected chi connectivity index (χ0v) is 18.1. The van der Waals surface area contributed by atoms with Crippen LogP contribution in [0.15, 0.2) is 60.8 Å². The Labute approximate surface area is 189 Å². The van der Waals surface area contributed by atoms with E-state index in [1.165, 1.54) is 29.0 Å². The van der Waals surface area contributed by atoms with Crippen LogP contribution >= 0.6 is 11.6 Å². The number of aromatic nitrogens is 1. The Kier molecular flexibility index (Phi) is 5.14. The Morgan fingerprint density at radius 3 is 2.47 bits per heavy atom. The van der Waals surface area contributed by atoms with Gasteiger partial charge in [0.25, 0.3) is 0 Å². The predicted octanol–water partition coefficient (Wildman–Crippen LogP) is 7.01. The highest BCUT2D eigenvalue weighted by Gasteiger charge is 2.26. The molecule has 3 aromatic carbocycles. The first-order chi connectivity index (χ1) is 15.4. The van der Waals surface area contributed by atoms with Crippen molar-refractivity contribution in [1.82, 2.24) is 4.98 Å². The zero-order chi connectivity index (χ0) is 22.4. The van der Waals surface area contributed by atoms with Gasteiger partial charge in [0.15, 0.2) is 0 Å². The number of anilines is 2. The molecule has 0 N–H and O–H groups in total. The molecule has 1 aliphatic rings. The lowest BCUT2D eigenvalue weighted by molar-refractivity contribution is -0.115. The van der Waals surface area contributed by atoms with Gasteiger partial charge in [0.1, 0.15) is 11.6 Å². The number of carbonyl (C=O) groups is 1. The minimum Gasteiger partial charge on any atom is -0.276 e. The molecule has 1 amide bonds. The molecule has 5 rings (SSSR count). The molecule has 160 valence electrons. The molecule has 1 heterocycles. The van der Waals surface area contributed by atoms with Crippen LogP contribution in [0.3, 0.4) is 0 Å². The predicted molar refractivity (Wildman–Crippen MR) is 123 cm³/mol. The van der Waals surface area contributed by atoms with Gasteiger partial charge in [-0.1, -0.05) is 29.8 Å². The number of nitrogens with zero attached hydrogens (tertiary/aromatic N) is 2. The minimum atomic E-state index is -0.834. The Bertz CT molecular complexity index is 1390. The van der Waals surface area contributed by atoms with Crippen LogP contribution in [-0.2, 0) is 17.6 Å². The Morgan fingerprint density at radius 2 is 1.75 bits per heavy atom. The van der Waals surface area contributed by atoms with E-state index in [1.807, 2.05) is 18.2 Å². The molecule has 4 aromatic rings. The summed E-state index contributed by atoms with van der Waals surface area (Å²) < 4.78 is 28.3. The molecule has 0 saturated heterocycles. The summed E-state index contributed by atoms with van der Waals surface area (Å²) in [7, 11) is 0. The van der Waals surface area contributed by atoms with Gasteiger partial charge in [-0.3, -0.25) is 14.7 Å². The smallest absolute Gasteiger partial charge is 0.228 e. The summed E-state index contributed by atoms with van der Waals surface area (Å²) in [6.45, 7) is 1.34. The van der Waals surface area contributed by atoms with Crippen molar-refractivity contribution in [2.45, 2.75) is 26.2 Å². The second-order valence-corrected chi connectivity index (χ2v) is 8.35. The topological polar surface area (TPSA) is 33.2 Å². The standard InChI is InChI=1S/C26H19ClF2N2O/c1-15(32)31(24-10-9-18(28)13-22(24)29)25-14-30-23-12-17-6-4-5-16(17)11-20(23)26(25)19-7-2-3-8-21(19)27/h2-3,7-14H,4-6H2,1H3. The number of hydrogen-bond acceptors (Lipinski definition) is 2. The van der Waals surface area contributed by atoms with Gasteiger partial charge in [-0.25, -0.2) is 8.78 Å². The van der Waals surface area contributed by atoms with Crippen LogP contribution in [0.2, 0.25) is 5.02 Å². The van der Waals surface area contributed by atoms with Crippen LogP contribution in [-0.4, -0.2) is 10.9 Å². The molecule has 0 aliphatic heterocycles. The van der Waals surface area contributed by atoms with Crippen molar-refractivity contribution < 1.29 is 13.6 Å². The molecule has 0 atom stereocenters. The van der Waals surface area contributed by atoms with Gasteiger partial charge in [0.05, 0.1) is 23.1 Å². The molecule has 3 nitrogen and oxygen atoms in total. The summed E-state index contributed by atoms with van der Waals surface area (Å²) in [5.41, 5.74) is 5.05. The van der Waals surface area contributed by atoms with Crippen LogP contribution in [0.5, 0.6) is 0 Å². The maximum Gasteiger partial charge on any atom is 0.228 e. The van der Waals surface area contributed by atoms with Gasteiger partial charge >= 0.3 is 0 Å². The first kappa shape index (κ1) is 20.6. The van der Waals surface area contributed by atoms with E-state index in [-0.39, 0.29) is 5.69 Å². The van der Waals surface area contributed by atoms with Crippen molar-refractivity contribution in [2.75, 3.05) is 4.90 Å². The lowest BCUT2D eigenvalue weighted by Crippen LogP contribution is -2.25. The zero-order valence-electron chi connectivity index (χ0n) is 17.3. The number of benzene rings is 3. The molecule has 0 radical (unpaired) electrons. The number of carbonyl (C=O) groups excluding carboxylic acids is 1. The Morgan fingerprint density at radius 1 is 1.00 bits per heavy atom. The first-order valence-electron chi connectivity index (χ1n) is 10.4. The van der Waals surface area contributed by atoms with Gasteiger partial charge in [-0.05, 0) is 60.7 Å². The number of pyridine rings is 1. The third-order valence-corrected chi connectivity index (χ3v) is 6.24. The van der Waals surface area contributed by atoms with E-state index in [9.17, 15) is 13.6 Å². The highest BCUT2D eigenvalue weighted by Crippen LogP contribution is 2.44. The van der Waals surface area contributed by atoms with Crippen molar-refractivity contribution >= 4 is 39.8 Å². The summed E-state index contributed by atoms with van der Waals surface area (Å²) in [5.74, 6) is -1.97. The number of aryl methyl sites for hydroxylation is 2. The SMILES string of the molecule is CC(=O)N(c1ccc(F)cc1F)c1cnc2cc3c(cc2c1-c1ccccc1Cl)CCC3. The lowest BCUT2D eigenvalue weighted by Gasteiger charge is -2.26. The van der Waals surface area contributed by atoms with E-state index in [0.29, 0.717) is 21.8 Å². The van der Waals surface area contributed by atoms with E-state index in [0.717, 1.165) is 42.3 Å². The van der Waals surface area contributed by atoms with Crippen molar-refractivity contribution in [3.8, 4) is 11.1 Å². The van der Waals surface area contributed by atoms with Crippen LogP contribution in [0.1, 0.15) is 24.5 Å². The first-order valence-corrected chi connectivity index (χ1v) is 10.8. The van der Waals surface area contributed by atoms with Gasteiger partial charge < -0.3 is 0 Å². The highest BCUT2D eigenvalue weighted by atomic mass is 35.5. The summed E-state index contributed by atoms with van der Waals surface area (Å²) in [6, 6.07) is 14.7. The van der Waals surface area contributed by atoms with E-state index in [1.54, 1.807) is 12.3 Å². The van der Waals surface area contributed by atoms with Gasteiger partial charge in [-0.2, -0.15) is 0 Å². The fourth-order valence-corrected chi connectivity index (χ4v) is 4.73. The fraction of sp³-hybridized carbons (Fsp3) is 0.154. The summed E-state index contributed by atoms with van der Waals surface area (Å²) >= 11 is 6.58. The van der Waals surface area contributed by atoms with Crippen LogP contribution in [0.4, 0.5) is 20.2 Å². The van der Waals surface area contributed by atoms with Crippen LogP contribution in [0.25, 0.3) is 22.0 Å². The summed E-state index contributed by atoms with van der Waals surface area (Å²) in [6.07, 6.45) is 4.63. The van der Waals surface area contributed by atoms with E-state index >= 15 is 0 Å². The number of rotatable bonds is 3. The third kappa shape index (κ3) is 3.43. The number of amides is 1. The van der Waals surface area contributed by atoms with Gasteiger partial charge in [-0.15, -0.1) is 0 Å². The minimum absolute atomic E-state index is 0.0467. The third-order valence-electron chi connectivity index (χ3n) is 5.91. The largest absolute Gasteiger partial charge is 0.276 e. The van der Waals surface area contributed by atoms with Crippen molar-refractivity contribution in [2.24, 2.45) is 0 Å². The van der Waals surface area contributed by atoms with E-state index in [2.05, 4.69) is 17.1 Å². The maximum atomic E-state index is 14.8. The van der Waals surface area contributed by atoms with Crippen molar-refractivity contribution in [3.63, 3.8) is 0 Å². The van der Waals surface area contributed by atoms with Crippen LogP contribution < -0.4 is 4.90 Å². The maximum absolute atomic E-state index is 14.8. The quantitative estimate of drug-likeness (QED) is 0.338. The van der Waals surface area contributed by atoms with Crippen molar-refractivity contribution in [3.05, 3.63) is 88.6 Å². The van der Waals surface area contributed by atoms with Gasteiger partial charge in [0.2, 0.25) is 5.91 Å².